The average Bonchev–Trinajstić information content (AvgIpc) is 2.37. The first kappa shape index (κ1) is 21.9. The zero-order chi connectivity index (χ0) is 17.0. The largest absolute Gasteiger partial charge is 0.420 e. The molecule has 0 atom stereocenters. The average molecular weight is 377 g/mol. The summed E-state index contributed by atoms with van der Waals surface area (Å²) in [6.07, 6.45) is 0. The van der Waals surface area contributed by atoms with Gasteiger partial charge in [0.25, 0.3) is 5.97 Å². The van der Waals surface area contributed by atoms with Gasteiger partial charge in [-0.25, -0.2) is 0 Å². The second-order valence-corrected chi connectivity index (χ2v) is 9.56. The first-order valence-electron chi connectivity index (χ1n) is 7.62. The Hall–Kier alpha value is -0.0725. The molecule has 128 valence electrons. The Kier molecular flexibility index (Phi) is 12.3. The van der Waals surface area contributed by atoms with Crippen LogP contribution < -0.4 is 0 Å². The maximum absolute atomic E-state index is 6.07. The van der Waals surface area contributed by atoms with Crippen LogP contribution in [0.15, 0.2) is 33.8 Å². The maximum atomic E-state index is 6.07. The smallest absolute Gasteiger partial charge is 0.277 e. The molecular weight excluding hydrogens is 344 g/mol. The summed E-state index contributed by atoms with van der Waals surface area (Å²) in [5, 5.41) is 0. The Morgan fingerprint density at radius 3 is 1.32 bits per heavy atom. The minimum Gasteiger partial charge on any atom is -0.420 e. The lowest BCUT2D eigenvalue weighted by molar-refractivity contribution is -0.268. The molecule has 0 unspecified atom stereocenters. The summed E-state index contributed by atoms with van der Waals surface area (Å²) in [6.45, 7) is 12.9. The fraction of sp³-hybridized carbons (Fsp3) is 0.571. The van der Waals surface area contributed by atoms with Crippen LogP contribution in [-0.4, -0.2) is 52.4 Å². The van der Waals surface area contributed by atoms with Crippen molar-refractivity contribution >= 4 is 39.8 Å². The van der Waals surface area contributed by atoms with Gasteiger partial charge in [-0.05, 0) is 41.5 Å². The number of rotatable bonds is 11. The summed E-state index contributed by atoms with van der Waals surface area (Å²) in [4.78, 5) is 0. The van der Waals surface area contributed by atoms with Gasteiger partial charge in [0.1, 0.15) is 17.1 Å². The van der Waals surface area contributed by atoms with Crippen LogP contribution in [0.1, 0.15) is 41.5 Å². The van der Waals surface area contributed by atoms with Crippen molar-refractivity contribution in [3.05, 3.63) is 33.8 Å². The van der Waals surface area contributed by atoms with Gasteiger partial charge in [-0.3, -0.25) is 0 Å². The van der Waals surface area contributed by atoms with Crippen molar-refractivity contribution < 1.29 is 17.7 Å². The van der Waals surface area contributed by atoms with E-state index in [-0.39, 0.29) is 0 Å². The van der Waals surface area contributed by atoms with Crippen LogP contribution >= 0.6 is 0 Å². The molecule has 0 heterocycles. The third-order valence-electron chi connectivity index (χ3n) is 2.71. The van der Waals surface area contributed by atoms with Crippen molar-refractivity contribution in [1.82, 2.24) is 0 Å². The lowest BCUT2D eigenvalue weighted by Crippen LogP contribution is -2.46. The predicted molar refractivity (Wildman–Crippen MR) is 106 cm³/mol. The molecule has 4 nitrogen and oxygen atoms in total. The highest BCUT2D eigenvalue weighted by Gasteiger charge is 2.31. The van der Waals surface area contributed by atoms with Gasteiger partial charge in [0, 0.05) is 0 Å². The van der Waals surface area contributed by atoms with Crippen LogP contribution in [0.2, 0.25) is 0 Å². The highest BCUT2D eigenvalue weighted by atomic mass is 28.2. The van der Waals surface area contributed by atoms with E-state index in [9.17, 15) is 0 Å². The topological polar surface area (TPSA) is 36.9 Å². The lowest BCUT2D eigenvalue weighted by atomic mass is 10.4. The molecule has 0 aromatic heterocycles. The Balaban J connectivity index is 4.93. The van der Waals surface area contributed by atoms with E-state index in [1.165, 1.54) is 16.7 Å². The molecule has 0 aliphatic carbocycles. The Labute approximate surface area is 145 Å². The fourth-order valence-corrected chi connectivity index (χ4v) is 5.05. The lowest BCUT2D eigenvalue weighted by Gasteiger charge is -2.33. The van der Waals surface area contributed by atoms with Gasteiger partial charge in [-0.2, -0.15) is 0 Å². The van der Waals surface area contributed by atoms with Crippen LogP contribution in [0.4, 0.5) is 0 Å². The van der Waals surface area contributed by atoms with Crippen LogP contribution in [0, 0.1) is 0 Å². The highest BCUT2D eigenvalue weighted by molar-refractivity contribution is 6.37. The first-order chi connectivity index (χ1) is 10.3. The Morgan fingerprint density at radius 1 is 0.773 bits per heavy atom. The molecule has 22 heavy (non-hydrogen) atoms. The molecule has 0 aromatic carbocycles. The third-order valence-corrected chi connectivity index (χ3v) is 7.76. The van der Waals surface area contributed by atoms with Gasteiger partial charge >= 0.3 is 0 Å². The van der Waals surface area contributed by atoms with E-state index in [0.717, 1.165) is 0 Å². The molecule has 0 fully saturated rings. The number of allylic oxidation sites excluding steroid dienone is 3. The summed E-state index contributed by atoms with van der Waals surface area (Å²) < 4.78 is 23.7. The van der Waals surface area contributed by atoms with E-state index in [0.29, 0.717) is 17.1 Å². The van der Waals surface area contributed by atoms with Gasteiger partial charge in [-0.15, -0.1) is 0 Å². The minimum absolute atomic E-state index is 0.371. The quantitative estimate of drug-likeness (QED) is 0.376. The Morgan fingerprint density at radius 2 is 1.09 bits per heavy atom. The molecule has 0 bridgehead atoms. The minimum atomic E-state index is -0.976. The highest BCUT2D eigenvalue weighted by Crippen LogP contribution is 2.15. The summed E-state index contributed by atoms with van der Waals surface area (Å²) in [5.74, 6) is -0.976. The summed E-state index contributed by atoms with van der Waals surface area (Å²) in [5.41, 5.74) is 10.3. The van der Waals surface area contributed by atoms with Crippen LogP contribution in [0.3, 0.4) is 0 Å². The van der Waals surface area contributed by atoms with Gasteiger partial charge < -0.3 is 17.7 Å². The standard InChI is InChI=1S/C14H32O4Si4/c1-11(2)7-20-16-14(10-15-19,17-21-8-12(3)4)18-22-9-13(5)6/h7-9H,10,20-22H2,1-6,19H3. The molecule has 0 aromatic rings. The fourth-order valence-electron chi connectivity index (χ4n) is 1.43. The molecule has 0 N–H and O–H groups in total. The van der Waals surface area contributed by atoms with Crippen LogP contribution in [-0.2, 0) is 17.7 Å². The maximum Gasteiger partial charge on any atom is 0.277 e. The molecule has 8 heteroatoms. The van der Waals surface area contributed by atoms with Crippen molar-refractivity contribution in [3.8, 4) is 0 Å². The van der Waals surface area contributed by atoms with Crippen molar-refractivity contribution in [2.75, 3.05) is 6.61 Å². The third kappa shape index (κ3) is 11.5. The van der Waals surface area contributed by atoms with E-state index < -0.39 is 35.3 Å². The van der Waals surface area contributed by atoms with E-state index in [1.807, 2.05) is 0 Å². The van der Waals surface area contributed by atoms with Gasteiger partial charge in [0.05, 0.1) is 0 Å². The molecular formula is C14H32O4Si4. The molecule has 0 radical (unpaired) electrons. The number of hydrogen-bond donors (Lipinski definition) is 0. The summed E-state index contributed by atoms with van der Waals surface area (Å²) in [7, 11) is -1.84. The second-order valence-electron chi connectivity index (χ2n) is 5.89. The Bertz CT molecular complexity index is 341. The van der Waals surface area contributed by atoms with Crippen molar-refractivity contribution in [2.45, 2.75) is 47.5 Å². The second kappa shape index (κ2) is 12.4. The van der Waals surface area contributed by atoms with Crippen molar-refractivity contribution in [1.29, 1.82) is 0 Å². The van der Waals surface area contributed by atoms with E-state index in [1.54, 1.807) is 0 Å². The molecule has 0 aliphatic rings. The molecule has 0 amide bonds. The van der Waals surface area contributed by atoms with Crippen molar-refractivity contribution in [3.63, 3.8) is 0 Å². The summed E-state index contributed by atoms with van der Waals surface area (Å²) in [6, 6.07) is 0. The van der Waals surface area contributed by atoms with E-state index in [4.69, 9.17) is 17.7 Å². The first-order valence-corrected chi connectivity index (χ1v) is 12.6. The van der Waals surface area contributed by atoms with Crippen LogP contribution in [0.25, 0.3) is 0 Å². The molecule has 0 aliphatic heterocycles. The molecule has 0 saturated carbocycles. The summed E-state index contributed by atoms with van der Waals surface area (Å²) >= 11 is 0. The van der Waals surface area contributed by atoms with Gasteiger partial charge in [-0.1, -0.05) is 33.8 Å². The predicted octanol–water partition coefficient (Wildman–Crippen LogP) is 0.00950. The zero-order valence-corrected chi connectivity index (χ0v) is 21.4. The zero-order valence-electron chi connectivity index (χ0n) is 15.2. The monoisotopic (exact) mass is 376 g/mol. The normalized spacial score (nSPS) is 15.0. The van der Waals surface area contributed by atoms with E-state index >= 15 is 0 Å². The van der Waals surface area contributed by atoms with Crippen molar-refractivity contribution in [2.24, 2.45) is 0 Å². The molecule has 0 rings (SSSR count). The van der Waals surface area contributed by atoms with E-state index in [2.05, 4.69) is 58.6 Å². The van der Waals surface area contributed by atoms with Gasteiger partial charge in [0.2, 0.25) is 0 Å². The van der Waals surface area contributed by atoms with Crippen LogP contribution in [0.5, 0.6) is 0 Å². The molecule has 0 saturated heterocycles. The SMILES string of the molecule is CC(C)=C[SiH2]OC(CO[SiH3])(O[SiH2]C=C(C)C)O[SiH2]C=C(C)C. The molecule has 0 spiro atoms. The van der Waals surface area contributed by atoms with Gasteiger partial charge in [0.15, 0.2) is 29.3 Å². The number of hydrogen-bond acceptors (Lipinski definition) is 4.